The molecule has 2 aromatic rings. The molecule has 2 aromatic carbocycles. The number of rotatable bonds is 4. The monoisotopic (exact) mass is 344 g/mol. The van der Waals surface area contributed by atoms with Crippen LogP contribution in [0.3, 0.4) is 0 Å². The number of fused-ring (bicyclic) bond motifs is 1. The SMILES string of the molecule is O=Nc1ccc(C2CNCCc3c2cc(N=O)c(N=O)c3Cl)cc1. The number of nitrogens with zero attached hydrogens (tertiary/aromatic N) is 3. The fraction of sp³-hybridized carbons (Fsp3) is 0.250. The van der Waals surface area contributed by atoms with Crippen molar-refractivity contribution in [3.63, 3.8) is 0 Å². The van der Waals surface area contributed by atoms with Crippen LogP contribution in [0.2, 0.25) is 5.02 Å². The summed E-state index contributed by atoms with van der Waals surface area (Å²) < 4.78 is 0. The molecule has 8 heteroatoms. The minimum atomic E-state index is -0.119. The summed E-state index contributed by atoms with van der Waals surface area (Å²) in [4.78, 5) is 32.7. The van der Waals surface area contributed by atoms with Gasteiger partial charge in [-0.05, 0) is 63.4 Å². The van der Waals surface area contributed by atoms with Crippen LogP contribution in [0.15, 0.2) is 45.9 Å². The molecular formula is C16H13ClN4O3. The van der Waals surface area contributed by atoms with Gasteiger partial charge in [-0.25, -0.2) is 0 Å². The molecule has 1 N–H and O–H groups in total. The first-order chi connectivity index (χ1) is 11.7. The molecule has 0 aliphatic carbocycles. The lowest BCUT2D eigenvalue weighted by atomic mass is 9.87. The molecule has 1 atom stereocenters. The fourth-order valence-corrected chi connectivity index (χ4v) is 3.38. The van der Waals surface area contributed by atoms with E-state index in [0.29, 0.717) is 25.2 Å². The standard InChI is InChI=1S/C16H13ClN4O3/c17-15-11-5-6-18-8-13(9-1-3-10(19-22)4-2-9)12(11)7-14(20-23)16(15)21-24/h1-4,7,13,18H,5-6,8H2. The van der Waals surface area contributed by atoms with E-state index in [-0.39, 0.29) is 22.3 Å². The van der Waals surface area contributed by atoms with Crippen LogP contribution in [-0.2, 0) is 6.42 Å². The number of halogens is 1. The summed E-state index contributed by atoms with van der Waals surface area (Å²) in [5, 5.41) is 12.1. The van der Waals surface area contributed by atoms with Gasteiger partial charge in [-0.2, -0.15) is 0 Å². The van der Waals surface area contributed by atoms with Crippen molar-refractivity contribution in [3.8, 4) is 0 Å². The normalized spacial score (nSPS) is 16.8. The molecule has 0 saturated heterocycles. The van der Waals surface area contributed by atoms with Crippen molar-refractivity contribution in [3.05, 3.63) is 66.8 Å². The van der Waals surface area contributed by atoms with E-state index in [1.807, 2.05) is 12.1 Å². The molecular weight excluding hydrogens is 332 g/mol. The maximum atomic E-state index is 11.1. The van der Waals surface area contributed by atoms with E-state index in [0.717, 1.165) is 16.7 Å². The second-order valence-electron chi connectivity index (χ2n) is 5.50. The summed E-state index contributed by atoms with van der Waals surface area (Å²) >= 11 is 6.31. The van der Waals surface area contributed by atoms with Gasteiger partial charge in [-0.3, -0.25) is 0 Å². The quantitative estimate of drug-likeness (QED) is 0.804. The van der Waals surface area contributed by atoms with E-state index < -0.39 is 0 Å². The average molecular weight is 345 g/mol. The van der Waals surface area contributed by atoms with Crippen molar-refractivity contribution in [2.45, 2.75) is 12.3 Å². The zero-order valence-electron chi connectivity index (χ0n) is 12.5. The lowest BCUT2D eigenvalue weighted by Gasteiger charge is -2.19. The van der Waals surface area contributed by atoms with Gasteiger partial charge in [0, 0.05) is 12.5 Å². The zero-order chi connectivity index (χ0) is 17.1. The highest BCUT2D eigenvalue weighted by Crippen LogP contribution is 2.44. The maximum absolute atomic E-state index is 11.1. The Hall–Kier alpha value is -2.51. The molecule has 0 spiro atoms. The Bertz CT molecular complexity index is 808. The Labute approximate surface area is 142 Å². The Morgan fingerprint density at radius 2 is 1.79 bits per heavy atom. The first-order valence-electron chi connectivity index (χ1n) is 7.35. The van der Waals surface area contributed by atoms with Gasteiger partial charge in [0.05, 0.1) is 5.02 Å². The molecule has 122 valence electrons. The number of benzene rings is 2. The Kier molecular flexibility index (Phi) is 4.73. The van der Waals surface area contributed by atoms with Crippen molar-refractivity contribution in [1.82, 2.24) is 5.32 Å². The molecule has 1 aliphatic heterocycles. The lowest BCUT2D eigenvalue weighted by molar-refractivity contribution is 0.665. The second kappa shape index (κ2) is 6.94. The topological polar surface area (TPSA) is 100 Å². The average Bonchev–Trinajstić information content (AvgIpc) is 2.84. The number of nitroso groups, excluding NO2 is 3. The Morgan fingerprint density at radius 1 is 1.04 bits per heavy atom. The summed E-state index contributed by atoms with van der Waals surface area (Å²) in [7, 11) is 0. The number of hydrogen-bond donors (Lipinski definition) is 1. The molecule has 0 saturated carbocycles. The van der Waals surface area contributed by atoms with Gasteiger partial charge in [0.15, 0.2) is 5.69 Å². The summed E-state index contributed by atoms with van der Waals surface area (Å²) in [6.45, 7) is 1.31. The van der Waals surface area contributed by atoms with Gasteiger partial charge in [0.25, 0.3) is 0 Å². The Morgan fingerprint density at radius 3 is 2.42 bits per heavy atom. The van der Waals surface area contributed by atoms with Crippen LogP contribution in [0.5, 0.6) is 0 Å². The van der Waals surface area contributed by atoms with Gasteiger partial charge in [0.1, 0.15) is 11.4 Å². The van der Waals surface area contributed by atoms with E-state index in [2.05, 4.69) is 20.8 Å². The predicted molar refractivity (Wildman–Crippen MR) is 92.7 cm³/mol. The van der Waals surface area contributed by atoms with Crippen LogP contribution in [-0.4, -0.2) is 13.1 Å². The van der Waals surface area contributed by atoms with Crippen molar-refractivity contribution < 1.29 is 0 Å². The third kappa shape index (κ3) is 2.83. The van der Waals surface area contributed by atoms with Crippen LogP contribution in [0.4, 0.5) is 17.1 Å². The minimum absolute atomic E-state index is 0.0631. The molecule has 24 heavy (non-hydrogen) atoms. The van der Waals surface area contributed by atoms with Gasteiger partial charge in [-0.1, -0.05) is 23.7 Å². The predicted octanol–water partition coefficient (Wildman–Crippen LogP) is 4.81. The molecule has 3 rings (SSSR count). The molecule has 0 aromatic heterocycles. The van der Waals surface area contributed by atoms with Crippen molar-refractivity contribution >= 4 is 28.7 Å². The maximum Gasteiger partial charge on any atom is 0.156 e. The number of nitrogens with one attached hydrogen (secondary N) is 1. The summed E-state index contributed by atoms with van der Waals surface area (Å²) in [5.41, 5.74) is 2.72. The zero-order valence-corrected chi connectivity index (χ0v) is 13.3. The first kappa shape index (κ1) is 16.4. The highest BCUT2D eigenvalue weighted by Gasteiger charge is 2.26. The highest BCUT2D eigenvalue weighted by atomic mass is 35.5. The molecule has 7 nitrogen and oxygen atoms in total. The van der Waals surface area contributed by atoms with Crippen LogP contribution >= 0.6 is 11.6 Å². The van der Waals surface area contributed by atoms with Gasteiger partial charge < -0.3 is 5.32 Å². The molecule has 0 bridgehead atoms. The summed E-state index contributed by atoms with van der Waals surface area (Å²) in [6, 6.07) is 8.47. The van der Waals surface area contributed by atoms with Crippen LogP contribution in [0, 0.1) is 14.7 Å². The molecule has 0 radical (unpaired) electrons. The lowest BCUT2D eigenvalue weighted by Crippen LogP contribution is -2.20. The van der Waals surface area contributed by atoms with E-state index >= 15 is 0 Å². The number of hydrogen-bond acceptors (Lipinski definition) is 7. The first-order valence-corrected chi connectivity index (χ1v) is 7.73. The third-order valence-corrected chi connectivity index (χ3v) is 4.63. The largest absolute Gasteiger partial charge is 0.315 e. The van der Waals surface area contributed by atoms with Crippen molar-refractivity contribution in [2.75, 3.05) is 13.1 Å². The van der Waals surface area contributed by atoms with Crippen LogP contribution in [0.25, 0.3) is 0 Å². The third-order valence-electron chi connectivity index (χ3n) is 4.22. The molecule has 1 aliphatic rings. The molecule has 1 unspecified atom stereocenters. The van der Waals surface area contributed by atoms with Crippen molar-refractivity contribution in [2.24, 2.45) is 15.5 Å². The molecule has 0 fully saturated rings. The molecule has 1 heterocycles. The van der Waals surface area contributed by atoms with Gasteiger partial charge in [-0.15, -0.1) is 14.7 Å². The van der Waals surface area contributed by atoms with E-state index in [1.54, 1.807) is 18.2 Å². The van der Waals surface area contributed by atoms with E-state index in [4.69, 9.17) is 11.6 Å². The van der Waals surface area contributed by atoms with Gasteiger partial charge in [0.2, 0.25) is 0 Å². The second-order valence-corrected chi connectivity index (χ2v) is 5.88. The van der Waals surface area contributed by atoms with Crippen LogP contribution in [0.1, 0.15) is 22.6 Å². The minimum Gasteiger partial charge on any atom is -0.315 e. The molecule has 0 amide bonds. The smallest absolute Gasteiger partial charge is 0.156 e. The summed E-state index contributed by atoms with van der Waals surface area (Å²) in [6.07, 6.45) is 0.611. The van der Waals surface area contributed by atoms with Crippen LogP contribution < -0.4 is 5.32 Å². The van der Waals surface area contributed by atoms with Gasteiger partial charge >= 0.3 is 0 Å². The van der Waals surface area contributed by atoms with E-state index in [9.17, 15) is 14.7 Å². The highest BCUT2D eigenvalue weighted by molar-refractivity contribution is 6.34. The summed E-state index contributed by atoms with van der Waals surface area (Å²) in [5.74, 6) is -0.0955. The Balaban J connectivity index is 2.17. The van der Waals surface area contributed by atoms with E-state index in [1.165, 1.54) is 0 Å². The fourth-order valence-electron chi connectivity index (χ4n) is 3.04. The van der Waals surface area contributed by atoms with Crippen molar-refractivity contribution in [1.29, 1.82) is 0 Å².